The monoisotopic (exact) mass is 560 g/mol. The second-order valence-electron chi connectivity index (χ2n) is 9.43. The van der Waals surface area contributed by atoms with Crippen LogP contribution in [0.3, 0.4) is 0 Å². The minimum Gasteiger partial charge on any atom is -0.507 e. The largest absolute Gasteiger partial charge is 0.507 e. The van der Waals surface area contributed by atoms with Crippen LogP contribution in [0.4, 0.5) is 24.8 Å². The third-order valence-corrected chi connectivity index (χ3v) is 6.36. The molecule has 0 radical (unpaired) electrons. The number of anilines is 2. The zero-order valence-electron chi connectivity index (χ0n) is 22.0. The lowest BCUT2D eigenvalue weighted by atomic mass is 9.92. The Bertz CT molecular complexity index is 1830. The summed E-state index contributed by atoms with van der Waals surface area (Å²) in [6, 6.07) is 10.8. The normalized spacial score (nSPS) is 11.5. The first-order valence-corrected chi connectivity index (χ1v) is 12.3. The van der Waals surface area contributed by atoms with Crippen LogP contribution in [0.2, 0.25) is 0 Å². The molecular weight excluding hydrogens is 537 g/mol. The number of benzene rings is 3. The summed E-state index contributed by atoms with van der Waals surface area (Å²) in [6.45, 7) is 3.13. The van der Waals surface area contributed by atoms with Gasteiger partial charge in [0.1, 0.15) is 5.75 Å². The number of halogens is 3. The van der Waals surface area contributed by atoms with E-state index < -0.39 is 17.6 Å². The van der Waals surface area contributed by atoms with Gasteiger partial charge in [0.2, 0.25) is 11.9 Å². The zero-order chi connectivity index (χ0) is 29.5. The Labute approximate surface area is 231 Å². The van der Waals surface area contributed by atoms with Crippen LogP contribution in [0.15, 0.2) is 67.1 Å². The van der Waals surface area contributed by atoms with Crippen LogP contribution in [0.5, 0.6) is 5.75 Å². The molecule has 3 N–H and O–H groups in total. The molecule has 12 heteroatoms. The minimum absolute atomic E-state index is 0.00788. The van der Waals surface area contributed by atoms with E-state index in [1.165, 1.54) is 25.3 Å². The van der Waals surface area contributed by atoms with E-state index in [-0.39, 0.29) is 28.9 Å². The van der Waals surface area contributed by atoms with Crippen LogP contribution < -0.4 is 10.6 Å². The number of aryl methyl sites for hydroxylation is 2. The van der Waals surface area contributed by atoms with Gasteiger partial charge in [0.25, 0.3) is 5.91 Å². The van der Waals surface area contributed by atoms with Gasteiger partial charge in [0, 0.05) is 54.1 Å². The number of carbonyl (C=O) groups excluding carboxylic acids is 2. The molecule has 0 saturated carbocycles. The first-order valence-electron chi connectivity index (χ1n) is 12.3. The summed E-state index contributed by atoms with van der Waals surface area (Å²) in [5, 5.41) is 21.4. The maximum atomic E-state index is 13.1. The van der Waals surface area contributed by atoms with E-state index in [1.54, 1.807) is 55.3 Å². The van der Waals surface area contributed by atoms with Crippen LogP contribution in [0.1, 0.15) is 28.4 Å². The molecular formula is C29H23F3N6O3. The summed E-state index contributed by atoms with van der Waals surface area (Å²) >= 11 is 0. The average Bonchev–Trinajstić information content (AvgIpc) is 3.33. The second-order valence-corrected chi connectivity index (χ2v) is 9.43. The molecule has 0 saturated heterocycles. The predicted octanol–water partition coefficient (Wildman–Crippen LogP) is 5.94. The number of carbonyl (C=O) groups is 2. The Balaban J connectivity index is 1.61. The summed E-state index contributed by atoms with van der Waals surface area (Å²) in [5.74, 6) is -1.06. The molecule has 0 aliphatic rings. The van der Waals surface area contributed by atoms with Crippen LogP contribution in [0.25, 0.3) is 33.2 Å². The van der Waals surface area contributed by atoms with E-state index in [1.807, 2.05) is 0 Å². The van der Waals surface area contributed by atoms with Crippen molar-refractivity contribution in [2.75, 3.05) is 10.6 Å². The van der Waals surface area contributed by atoms with Gasteiger partial charge >= 0.3 is 6.18 Å². The third kappa shape index (κ3) is 5.57. The van der Waals surface area contributed by atoms with Gasteiger partial charge in [-0.3, -0.25) is 19.6 Å². The molecule has 0 spiro atoms. The highest BCUT2D eigenvalue weighted by atomic mass is 19.4. The number of aromatic nitrogens is 4. The zero-order valence-corrected chi connectivity index (χ0v) is 22.0. The van der Waals surface area contributed by atoms with E-state index in [4.69, 9.17) is 0 Å². The fourth-order valence-corrected chi connectivity index (χ4v) is 4.44. The van der Waals surface area contributed by atoms with Gasteiger partial charge in [-0.15, -0.1) is 0 Å². The molecule has 9 nitrogen and oxygen atoms in total. The molecule has 0 bridgehead atoms. The summed E-state index contributed by atoms with van der Waals surface area (Å²) < 4.78 is 40.9. The SMILES string of the molecule is CC(=O)Nc1ncc2cc(-c3cc(C(=O)Nc4cccc(C(F)(F)F)c4)ccc3C)c(O)c(-c3cnn(C)c3)c2n1. The Morgan fingerprint density at radius 2 is 1.78 bits per heavy atom. The lowest BCUT2D eigenvalue weighted by Crippen LogP contribution is -2.13. The highest BCUT2D eigenvalue weighted by molar-refractivity contribution is 6.07. The lowest BCUT2D eigenvalue weighted by molar-refractivity contribution is -0.137. The fraction of sp³-hybridized carbons (Fsp3) is 0.138. The number of phenolic OH excluding ortho intramolecular Hbond substituents is 1. The van der Waals surface area contributed by atoms with Gasteiger partial charge < -0.3 is 10.4 Å². The molecule has 0 aliphatic heterocycles. The van der Waals surface area contributed by atoms with Crippen molar-refractivity contribution in [1.29, 1.82) is 0 Å². The molecule has 208 valence electrons. The Hall–Kier alpha value is -5.26. The number of nitrogens with zero attached hydrogens (tertiary/aromatic N) is 4. The highest BCUT2D eigenvalue weighted by Gasteiger charge is 2.30. The van der Waals surface area contributed by atoms with Crippen molar-refractivity contribution < 1.29 is 27.9 Å². The smallest absolute Gasteiger partial charge is 0.416 e. The van der Waals surface area contributed by atoms with Crippen molar-refractivity contribution in [3.05, 3.63) is 83.8 Å². The standard InChI is InChI=1S/C29H23F3N6O3/c1-15-7-8-17(27(41)36-21-6-4-5-20(11-21)29(30,31)32)9-22(15)23-10-18-12-33-28(35-16(2)39)37-25(18)24(26(23)40)19-13-34-38(3)14-19/h4-14,40H,1-3H3,(H,36,41)(H,33,35,37,39). The molecule has 2 amide bonds. The van der Waals surface area contributed by atoms with Crippen molar-refractivity contribution in [2.24, 2.45) is 7.05 Å². The van der Waals surface area contributed by atoms with E-state index >= 15 is 0 Å². The van der Waals surface area contributed by atoms with Crippen LogP contribution >= 0.6 is 0 Å². The average molecular weight is 561 g/mol. The summed E-state index contributed by atoms with van der Waals surface area (Å²) in [4.78, 5) is 33.3. The second kappa shape index (κ2) is 10.4. The van der Waals surface area contributed by atoms with Crippen molar-refractivity contribution in [2.45, 2.75) is 20.0 Å². The molecule has 0 atom stereocenters. The molecule has 5 aromatic rings. The van der Waals surface area contributed by atoms with Crippen molar-refractivity contribution in [1.82, 2.24) is 19.7 Å². The summed E-state index contributed by atoms with van der Waals surface area (Å²) in [5.41, 5.74) is 2.16. The Morgan fingerprint density at radius 1 is 1.00 bits per heavy atom. The van der Waals surface area contributed by atoms with Gasteiger partial charge in [-0.1, -0.05) is 12.1 Å². The number of alkyl halides is 3. The molecule has 5 rings (SSSR count). The van der Waals surface area contributed by atoms with E-state index in [0.717, 1.165) is 17.7 Å². The third-order valence-electron chi connectivity index (χ3n) is 6.36. The van der Waals surface area contributed by atoms with E-state index in [0.29, 0.717) is 33.2 Å². The number of nitrogens with one attached hydrogen (secondary N) is 2. The topological polar surface area (TPSA) is 122 Å². The van der Waals surface area contributed by atoms with Gasteiger partial charge in [0.15, 0.2) is 0 Å². The Kier molecular flexibility index (Phi) is 6.91. The number of rotatable bonds is 5. The van der Waals surface area contributed by atoms with Crippen LogP contribution in [0, 0.1) is 6.92 Å². The minimum atomic E-state index is -4.55. The molecule has 0 unspecified atom stereocenters. The maximum absolute atomic E-state index is 13.1. The first-order chi connectivity index (χ1) is 19.4. The van der Waals surface area contributed by atoms with Crippen molar-refractivity contribution in [3.63, 3.8) is 0 Å². The molecule has 0 fully saturated rings. The number of phenols is 1. The molecule has 0 aliphatic carbocycles. The quantitative estimate of drug-likeness (QED) is 0.245. The number of amides is 2. The number of fused-ring (bicyclic) bond motifs is 1. The lowest BCUT2D eigenvalue weighted by Gasteiger charge is -2.16. The summed E-state index contributed by atoms with van der Waals surface area (Å²) in [7, 11) is 1.72. The first kappa shape index (κ1) is 27.3. The Morgan fingerprint density at radius 3 is 2.46 bits per heavy atom. The number of hydrogen-bond donors (Lipinski definition) is 3. The fourth-order valence-electron chi connectivity index (χ4n) is 4.44. The predicted molar refractivity (Wildman–Crippen MR) is 147 cm³/mol. The van der Waals surface area contributed by atoms with Gasteiger partial charge in [0.05, 0.1) is 22.8 Å². The summed E-state index contributed by atoms with van der Waals surface area (Å²) in [6.07, 6.45) is 0.217. The maximum Gasteiger partial charge on any atom is 0.416 e. The van der Waals surface area contributed by atoms with Crippen molar-refractivity contribution in [3.8, 4) is 28.0 Å². The van der Waals surface area contributed by atoms with Gasteiger partial charge in [-0.2, -0.15) is 18.3 Å². The number of hydrogen-bond acceptors (Lipinski definition) is 6. The van der Waals surface area contributed by atoms with Crippen LogP contribution in [-0.4, -0.2) is 36.7 Å². The number of aromatic hydroxyl groups is 1. The molecule has 2 aromatic heterocycles. The van der Waals surface area contributed by atoms with E-state index in [2.05, 4.69) is 25.7 Å². The molecule has 41 heavy (non-hydrogen) atoms. The highest BCUT2D eigenvalue weighted by Crippen LogP contribution is 2.44. The molecule has 2 heterocycles. The molecule has 3 aromatic carbocycles. The van der Waals surface area contributed by atoms with E-state index in [9.17, 15) is 27.9 Å². The van der Waals surface area contributed by atoms with Crippen molar-refractivity contribution >= 4 is 34.4 Å². The van der Waals surface area contributed by atoms with Gasteiger partial charge in [-0.05, 0) is 54.4 Å². The van der Waals surface area contributed by atoms with Crippen LogP contribution in [-0.2, 0) is 18.0 Å². The van der Waals surface area contributed by atoms with Gasteiger partial charge in [-0.25, -0.2) is 9.97 Å².